The average molecular weight is 429 g/mol. The Morgan fingerprint density at radius 2 is 1.90 bits per heavy atom. The zero-order valence-electron chi connectivity index (χ0n) is 18.4. The number of benzene rings is 1. The van der Waals surface area contributed by atoms with Crippen LogP contribution in [0.3, 0.4) is 0 Å². The van der Waals surface area contributed by atoms with E-state index in [1.54, 1.807) is 22.9 Å². The highest BCUT2D eigenvalue weighted by Gasteiger charge is 2.16. The van der Waals surface area contributed by atoms with Gasteiger partial charge in [-0.25, -0.2) is 4.98 Å². The molecule has 1 aliphatic heterocycles. The van der Waals surface area contributed by atoms with Crippen molar-refractivity contribution >= 4 is 17.7 Å². The van der Waals surface area contributed by atoms with Crippen LogP contribution in [0.4, 0.5) is 0 Å². The molecule has 0 aliphatic carbocycles. The number of nitrogens with zero attached hydrogens (tertiary/aromatic N) is 1. The molecule has 30 heavy (non-hydrogen) atoms. The van der Waals surface area contributed by atoms with Gasteiger partial charge in [0.2, 0.25) is 0 Å². The first kappa shape index (κ1) is 22.8. The zero-order chi connectivity index (χ0) is 21.4. The molecule has 1 amide bonds. The van der Waals surface area contributed by atoms with Crippen molar-refractivity contribution in [1.82, 2.24) is 10.3 Å². The van der Waals surface area contributed by atoms with Crippen LogP contribution in [0, 0.1) is 0 Å². The van der Waals surface area contributed by atoms with Gasteiger partial charge >= 0.3 is 0 Å². The summed E-state index contributed by atoms with van der Waals surface area (Å²) in [6.07, 6.45) is 2.73. The maximum absolute atomic E-state index is 12.7. The Morgan fingerprint density at radius 1 is 1.17 bits per heavy atom. The number of amides is 1. The number of pyridine rings is 1. The van der Waals surface area contributed by atoms with Gasteiger partial charge in [0.15, 0.2) is 0 Å². The van der Waals surface area contributed by atoms with Crippen LogP contribution in [-0.4, -0.2) is 50.3 Å². The minimum atomic E-state index is -0.0364. The normalized spacial score (nSPS) is 15.2. The number of hydrogen-bond donors (Lipinski definition) is 2. The smallest absolute Gasteiger partial charge is 0.254 e. The third-order valence-corrected chi connectivity index (χ3v) is 6.48. The highest BCUT2D eigenvalue weighted by Crippen LogP contribution is 2.26. The van der Waals surface area contributed by atoms with Gasteiger partial charge in [0.05, 0.1) is 25.3 Å². The summed E-state index contributed by atoms with van der Waals surface area (Å²) in [6.45, 7) is 12.2. The van der Waals surface area contributed by atoms with Crippen LogP contribution < -0.4 is 10.2 Å². The summed E-state index contributed by atoms with van der Waals surface area (Å²) >= 11 is 1.61. The minimum absolute atomic E-state index is 0.0364. The topological polar surface area (TPSA) is 55.7 Å². The van der Waals surface area contributed by atoms with Gasteiger partial charge in [-0.3, -0.25) is 4.79 Å². The first-order valence-electron chi connectivity index (χ1n) is 10.8. The van der Waals surface area contributed by atoms with Crippen molar-refractivity contribution in [3.05, 3.63) is 59.3 Å². The Labute approximate surface area is 184 Å². The molecule has 1 fully saturated rings. The van der Waals surface area contributed by atoms with Crippen molar-refractivity contribution in [3.63, 3.8) is 0 Å². The summed E-state index contributed by atoms with van der Waals surface area (Å²) in [4.78, 5) is 18.7. The summed E-state index contributed by atoms with van der Waals surface area (Å²) in [6, 6.07) is 12.4. The number of carbonyl (C=O) groups is 1. The molecule has 1 saturated heterocycles. The van der Waals surface area contributed by atoms with E-state index in [9.17, 15) is 4.79 Å². The fourth-order valence-electron chi connectivity index (χ4n) is 3.48. The second kappa shape index (κ2) is 10.9. The molecule has 2 aromatic rings. The number of nitrogens with one attached hydrogen (secondary N) is 2. The Kier molecular flexibility index (Phi) is 8.31. The molecule has 2 heterocycles. The standard InChI is InChI=1S/C24H33N3O2S/c1-24(2,3)20-9-7-19(8-10-20)18-30-23-21(6-4-11-26-23)22(28)25-12-5-13-27-14-16-29-17-15-27/h4,6-11H,5,12-18H2,1-3H3,(H,25,28)/p+1. The summed E-state index contributed by atoms with van der Waals surface area (Å²) in [5.41, 5.74) is 3.38. The lowest BCUT2D eigenvalue weighted by Gasteiger charge is -2.23. The Bertz CT molecular complexity index is 812. The molecule has 2 N–H and O–H groups in total. The van der Waals surface area contributed by atoms with Crippen molar-refractivity contribution in [2.24, 2.45) is 0 Å². The molecule has 0 bridgehead atoms. The highest BCUT2D eigenvalue weighted by molar-refractivity contribution is 7.98. The lowest BCUT2D eigenvalue weighted by molar-refractivity contribution is -0.908. The number of quaternary nitrogens is 1. The zero-order valence-corrected chi connectivity index (χ0v) is 19.2. The molecule has 0 saturated carbocycles. The summed E-state index contributed by atoms with van der Waals surface area (Å²) in [7, 11) is 0. The van der Waals surface area contributed by atoms with Gasteiger partial charge in [-0.15, -0.1) is 11.8 Å². The third kappa shape index (κ3) is 6.83. The van der Waals surface area contributed by atoms with Crippen LogP contribution >= 0.6 is 11.8 Å². The van der Waals surface area contributed by atoms with E-state index in [0.29, 0.717) is 12.1 Å². The molecule has 5 nitrogen and oxygen atoms in total. The number of aromatic nitrogens is 1. The molecule has 0 atom stereocenters. The van der Waals surface area contributed by atoms with Gasteiger partial charge in [0.1, 0.15) is 18.1 Å². The van der Waals surface area contributed by atoms with Crippen molar-refractivity contribution in [1.29, 1.82) is 0 Å². The second-order valence-corrected chi connectivity index (χ2v) is 9.78. The van der Waals surface area contributed by atoms with Gasteiger partial charge in [-0.05, 0) is 28.7 Å². The van der Waals surface area contributed by atoms with E-state index in [1.807, 2.05) is 12.1 Å². The van der Waals surface area contributed by atoms with Gasteiger partial charge in [-0.1, -0.05) is 45.0 Å². The molecule has 1 aliphatic rings. The summed E-state index contributed by atoms with van der Waals surface area (Å²) in [5.74, 6) is 0.757. The fraction of sp³-hybridized carbons (Fsp3) is 0.500. The van der Waals surface area contributed by atoms with Gasteiger partial charge in [0, 0.05) is 24.9 Å². The molecule has 0 radical (unpaired) electrons. The van der Waals surface area contributed by atoms with Crippen LogP contribution in [-0.2, 0) is 15.9 Å². The van der Waals surface area contributed by atoms with Gasteiger partial charge in [-0.2, -0.15) is 0 Å². The molecule has 0 unspecified atom stereocenters. The maximum Gasteiger partial charge on any atom is 0.254 e. The molecule has 1 aromatic carbocycles. The van der Waals surface area contributed by atoms with Crippen molar-refractivity contribution in [3.8, 4) is 0 Å². The second-order valence-electron chi connectivity index (χ2n) is 8.81. The van der Waals surface area contributed by atoms with Crippen LogP contribution in [0.1, 0.15) is 48.7 Å². The monoisotopic (exact) mass is 428 g/mol. The van der Waals surface area contributed by atoms with Gasteiger partial charge in [0.25, 0.3) is 5.91 Å². The maximum atomic E-state index is 12.7. The number of rotatable bonds is 8. The molecule has 3 rings (SSSR count). The van der Waals surface area contributed by atoms with Crippen molar-refractivity contribution in [2.75, 3.05) is 39.4 Å². The van der Waals surface area contributed by atoms with Crippen LogP contribution in [0.2, 0.25) is 0 Å². The lowest BCUT2D eigenvalue weighted by Crippen LogP contribution is -3.14. The van der Waals surface area contributed by atoms with E-state index < -0.39 is 0 Å². The predicted octanol–water partition coefficient (Wildman–Crippen LogP) is 2.71. The molecule has 0 spiro atoms. The number of morpholine rings is 1. The largest absolute Gasteiger partial charge is 0.370 e. The SMILES string of the molecule is CC(C)(C)c1ccc(CSc2ncccc2C(=O)NCCC[NH+]2CCOCC2)cc1. The first-order chi connectivity index (χ1) is 14.4. The molecular formula is C24H34N3O2S+. The summed E-state index contributed by atoms with van der Waals surface area (Å²) in [5, 5.41) is 3.85. The Hall–Kier alpha value is -1.89. The number of carbonyl (C=O) groups excluding carboxylic acids is 1. The Balaban J connectivity index is 1.50. The van der Waals surface area contributed by atoms with E-state index in [0.717, 1.165) is 50.0 Å². The Morgan fingerprint density at radius 3 is 2.60 bits per heavy atom. The highest BCUT2D eigenvalue weighted by atomic mass is 32.2. The summed E-state index contributed by atoms with van der Waals surface area (Å²) < 4.78 is 5.39. The predicted molar refractivity (Wildman–Crippen MR) is 122 cm³/mol. The molecular weight excluding hydrogens is 394 g/mol. The van der Waals surface area contributed by atoms with E-state index in [-0.39, 0.29) is 11.3 Å². The lowest BCUT2D eigenvalue weighted by atomic mass is 9.87. The third-order valence-electron chi connectivity index (χ3n) is 5.40. The van der Waals surface area contributed by atoms with E-state index >= 15 is 0 Å². The number of thioether (sulfide) groups is 1. The molecule has 162 valence electrons. The number of ether oxygens (including phenoxy) is 1. The quantitative estimate of drug-likeness (QED) is 0.501. The molecule has 1 aromatic heterocycles. The van der Waals surface area contributed by atoms with Crippen molar-refractivity contribution < 1.29 is 14.4 Å². The van der Waals surface area contributed by atoms with E-state index in [2.05, 4.69) is 55.3 Å². The van der Waals surface area contributed by atoms with Gasteiger partial charge < -0.3 is 15.0 Å². The van der Waals surface area contributed by atoms with E-state index in [1.165, 1.54) is 11.1 Å². The van der Waals surface area contributed by atoms with Crippen LogP contribution in [0.5, 0.6) is 0 Å². The van der Waals surface area contributed by atoms with Crippen LogP contribution in [0.15, 0.2) is 47.6 Å². The van der Waals surface area contributed by atoms with Crippen LogP contribution in [0.25, 0.3) is 0 Å². The number of hydrogen-bond acceptors (Lipinski definition) is 4. The average Bonchev–Trinajstić information content (AvgIpc) is 2.76. The molecule has 6 heteroatoms. The fourth-order valence-corrected chi connectivity index (χ4v) is 4.42. The van der Waals surface area contributed by atoms with Crippen molar-refractivity contribution in [2.45, 2.75) is 43.4 Å². The first-order valence-corrected chi connectivity index (χ1v) is 11.8. The minimum Gasteiger partial charge on any atom is -0.370 e. The van der Waals surface area contributed by atoms with E-state index in [4.69, 9.17) is 4.74 Å².